The van der Waals surface area contributed by atoms with Crippen LogP contribution in [0.25, 0.3) is 7.76 Å². The molecule has 33 heavy (non-hydrogen) atoms. The Hall–Kier alpha value is -1.83. The van der Waals surface area contributed by atoms with Crippen molar-refractivity contribution >= 4 is 7.76 Å². The van der Waals surface area contributed by atoms with Crippen molar-refractivity contribution in [3.63, 3.8) is 0 Å². The van der Waals surface area contributed by atoms with Gasteiger partial charge in [0.15, 0.2) is 0 Å². The third-order valence-corrected chi connectivity index (χ3v) is 15.0. The molecule has 2 aromatic rings. The first-order valence-corrected chi connectivity index (χ1v) is 15.4. The Labute approximate surface area is 212 Å². The van der Waals surface area contributed by atoms with Gasteiger partial charge in [-0.2, -0.15) is 0 Å². The van der Waals surface area contributed by atoms with Crippen LogP contribution >= 0.6 is 0 Å². The van der Waals surface area contributed by atoms with Crippen molar-refractivity contribution in [1.29, 1.82) is 0 Å². The van der Waals surface area contributed by atoms with Gasteiger partial charge in [-0.15, -0.1) is 0 Å². The topological polar surface area (TPSA) is 0 Å². The van der Waals surface area contributed by atoms with Gasteiger partial charge < -0.3 is 24.8 Å². The molecule has 2 aromatic carbocycles. The maximum Gasteiger partial charge on any atom is -1.00 e. The van der Waals surface area contributed by atoms with E-state index in [1.54, 1.807) is 30.0 Å². The minimum atomic E-state index is -2.43. The number of rotatable bonds is 2. The first-order chi connectivity index (χ1) is 15.2. The minimum Gasteiger partial charge on any atom is -1.00 e. The van der Waals surface area contributed by atoms with Gasteiger partial charge in [0.2, 0.25) is 0 Å². The van der Waals surface area contributed by atoms with Crippen LogP contribution in [0.1, 0.15) is 45.2 Å². The molecule has 0 nitrogen and oxygen atoms in total. The molecule has 0 saturated carbocycles. The summed E-state index contributed by atoms with van der Waals surface area (Å²) in [6, 6.07) is 14.4. The molecule has 1 aliphatic heterocycles. The van der Waals surface area contributed by atoms with E-state index in [1.807, 2.05) is 0 Å². The summed E-state index contributed by atoms with van der Waals surface area (Å²) >= 11 is -2.43. The van der Waals surface area contributed by atoms with Crippen LogP contribution in [-0.2, 0) is 16.6 Å². The number of allylic oxidation sites excluding steroid dienone is 10. The van der Waals surface area contributed by atoms with Gasteiger partial charge >= 0.3 is 189 Å². The van der Waals surface area contributed by atoms with Gasteiger partial charge in [-0.1, -0.05) is 0 Å². The quantitative estimate of drug-likeness (QED) is 0.548. The summed E-state index contributed by atoms with van der Waals surface area (Å²) in [4.78, 5) is 0. The normalized spacial score (nSPS) is 23.1. The van der Waals surface area contributed by atoms with Crippen molar-refractivity contribution in [2.75, 3.05) is 0 Å². The first-order valence-electron chi connectivity index (χ1n) is 11.6. The average molecular weight is 505 g/mol. The average Bonchev–Trinajstić information content (AvgIpc) is 3.39. The van der Waals surface area contributed by atoms with E-state index in [1.165, 1.54) is 31.7 Å². The minimum absolute atomic E-state index is 0. The van der Waals surface area contributed by atoms with Gasteiger partial charge in [0.1, 0.15) is 0 Å². The van der Waals surface area contributed by atoms with E-state index < -0.39 is 16.6 Å². The second kappa shape index (κ2) is 8.14. The largest absolute Gasteiger partial charge is 1.00 e. The molecule has 164 valence electrons. The molecule has 0 aromatic heterocycles. The molecule has 0 N–H and O–H groups in total. The monoisotopic (exact) mass is 504 g/mol. The summed E-state index contributed by atoms with van der Waals surface area (Å²) in [7, 11) is 0. The molecule has 2 unspecified atom stereocenters. The van der Waals surface area contributed by atoms with Crippen LogP contribution in [0.5, 0.6) is 0 Å². The number of benzene rings is 2. The van der Waals surface area contributed by atoms with Gasteiger partial charge in [-0.3, -0.25) is 0 Å². The van der Waals surface area contributed by atoms with Crippen molar-refractivity contribution in [1.82, 2.24) is 0 Å². The summed E-state index contributed by atoms with van der Waals surface area (Å²) in [6.07, 6.45) is 18.7. The predicted octanol–water partition coefficient (Wildman–Crippen LogP) is 1.88. The Morgan fingerprint density at radius 2 is 1.09 bits per heavy atom. The van der Waals surface area contributed by atoms with Gasteiger partial charge in [0.05, 0.1) is 0 Å². The fourth-order valence-corrected chi connectivity index (χ4v) is 15.3. The Balaban J connectivity index is 0.00000114. The van der Waals surface area contributed by atoms with E-state index in [4.69, 9.17) is 0 Å². The van der Waals surface area contributed by atoms with E-state index in [2.05, 4.69) is 98.9 Å². The number of aryl methyl sites for hydroxylation is 2. The Kier molecular flexibility index (Phi) is 5.66. The van der Waals surface area contributed by atoms with Gasteiger partial charge in [-0.05, 0) is 0 Å². The summed E-state index contributed by atoms with van der Waals surface area (Å²) in [6.45, 7) is 4.51. The molecule has 0 spiro atoms. The second-order valence-corrected chi connectivity index (χ2v) is 16.4. The van der Waals surface area contributed by atoms with Gasteiger partial charge in [0, 0.05) is 0 Å². The van der Waals surface area contributed by atoms with Crippen LogP contribution in [0.4, 0.5) is 0 Å². The molecule has 7 rings (SSSR count). The van der Waals surface area contributed by atoms with Crippen LogP contribution in [0.15, 0.2) is 96.2 Å². The van der Waals surface area contributed by atoms with E-state index >= 15 is 0 Å². The SMILES string of the molecule is Cc1ccc2c(c1)[C]([Ti+2]1([C]3=C4C=CC=CC4c4ccc(C)cc43)[CH2][CH2]1)=C1C=CC=CC12.[Cl-].[Cl-]. The molecule has 2 atom stereocenters. The molecule has 0 bridgehead atoms. The molecular weight excluding hydrogens is 479 g/mol. The second-order valence-electron chi connectivity index (χ2n) is 9.87. The number of hydrogen-bond acceptors (Lipinski definition) is 0. The maximum absolute atomic E-state index is 2.49. The molecule has 1 heterocycles. The fourth-order valence-electron chi connectivity index (χ4n) is 6.55. The summed E-state index contributed by atoms with van der Waals surface area (Å²) < 4.78 is 6.46. The van der Waals surface area contributed by atoms with Crippen LogP contribution in [0.3, 0.4) is 0 Å². The number of hydrogen-bond donors (Lipinski definition) is 0. The fraction of sp³-hybridized carbons (Fsp3) is 0.200. The third kappa shape index (κ3) is 3.15. The zero-order valence-electron chi connectivity index (χ0n) is 18.9. The molecule has 4 aliphatic carbocycles. The molecule has 0 amide bonds. The van der Waals surface area contributed by atoms with Crippen LogP contribution < -0.4 is 24.8 Å². The van der Waals surface area contributed by atoms with Gasteiger partial charge in [-0.25, -0.2) is 0 Å². The predicted molar refractivity (Wildman–Crippen MR) is 128 cm³/mol. The smallest absolute Gasteiger partial charge is 1.00 e. The molecular formula is C30H26Cl2Ti. The number of fused-ring (bicyclic) bond motifs is 6. The molecule has 5 aliphatic rings. The van der Waals surface area contributed by atoms with Crippen molar-refractivity contribution in [2.45, 2.75) is 35.1 Å². The number of halogens is 2. The zero-order chi connectivity index (χ0) is 20.7. The van der Waals surface area contributed by atoms with Gasteiger partial charge in [0.25, 0.3) is 0 Å². The third-order valence-electron chi connectivity index (χ3n) is 7.96. The van der Waals surface area contributed by atoms with E-state index in [-0.39, 0.29) is 24.8 Å². The van der Waals surface area contributed by atoms with Crippen molar-refractivity contribution in [3.05, 3.63) is 130 Å². The van der Waals surface area contributed by atoms with Crippen molar-refractivity contribution in [2.24, 2.45) is 0 Å². The van der Waals surface area contributed by atoms with Crippen LogP contribution in [-0.4, -0.2) is 0 Å². The maximum atomic E-state index is 2.49. The Morgan fingerprint density at radius 1 is 0.636 bits per heavy atom. The van der Waals surface area contributed by atoms with Crippen LogP contribution in [0, 0.1) is 13.8 Å². The van der Waals surface area contributed by atoms with Crippen molar-refractivity contribution in [3.8, 4) is 0 Å². The Morgan fingerprint density at radius 3 is 1.52 bits per heavy atom. The van der Waals surface area contributed by atoms with E-state index in [0.29, 0.717) is 11.8 Å². The standard InChI is InChI=1S/2C14H11.C2H4.2ClH.Ti/c2*1-10-6-7-14-12(8-10)9-11-4-2-3-5-13(11)14;1-2;;;/h2*2-8,13H,1H3;1-2H2;2*1H;/q;;;;;+2/p-2. The summed E-state index contributed by atoms with van der Waals surface area (Å²) in [5, 5.41) is 0. The summed E-state index contributed by atoms with van der Waals surface area (Å²) in [5.74, 6) is 0.917. The Bertz CT molecular complexity index is 1260. The molecule has 1 fully saturated rings. The van der Waals surface area contributed by atoms with Crippen molar-refractivity contribution < 1.29 is 41.4 Å². The van der Waals surface area contributed by atoms with E-state index in [0.717, 1.165) is 0 Å². The first kappa shape index (κ1) is 22.9. The zero-order valence-corrected chi connectivity index (χ0v) is 22.0. The van der Waals surface area contributed by atoms with Crippen LogP contribution in [0.2, 0.25) is 9.45 Å². The molecule has 0 radical (unpaired) electrons. The molecule has 1 saturated heterocycles. The molecule has 3 heteroatoms. The van der Waals surface area contributed by atoms with E-state index in [9.17, 15) is 0 Å². The summed E-state index contributed by atoms with van der Waals surface area (Å²) in [5.41, 5.74) is 12.2.